The molecule has 8 rings (SSSR count). The number of fused-ring (bicyclic) bond motifs is 2. The number of thiazole rings is 2. The molecule has 2 aromatic carbocycles. The molecular formula is C32H30Cl2N6O4S2. The van der Waals surface area contributed by atoms with Crippen LogP contribution in [0.3, 0.4) is 0 Å². The van der Waals surface area contributed by atoms with Crippen molar-refractivity contribution in [3.05, 3.63) is 88.7 Å². The number of rotatable bonds is 7. The number of benzene rings is 2. The van der Waals surface area contributed by atoms with E-state index in [1.54, 1.807) is 0 Å². The molecule has 2 saturated heterocycles. The van der Waals surface area contributed by atoms with Crippen molar-refractivity contribution in [1.82, 2.24) is 19.8 Å². The summed E-state index contributed by atoms with van der Waals surface area (Å²) in [6.45, 7) is 4.08. The molecular weight excluding hydrogens is 667 g/mol. The molecule has 0 spiro atoms. The summed E-state index contributed by atoms with van der Waals surface area (Å²) in [5.41, 5.74) is 16.5. The van der Waals surface area contributed by atoms with Gasteiger partial charge in [-0.3, -0.25) is 19.4 Å². The van der Waals surface area contributed by atoms with E-state index in [1.165, 1.54) is 22.7 Å². The summed E-state index contributed by atoms with van der Waals surface area (Å²) >= 11 is 17.4. The molecule has 0 radical (unpaired) electrons. The van der Waals surface area contributed by atoms with E-state index in [9.17, 15) is 9.59 Å². The number of nitrogens with two attached hydrogens (primary N) is 2. The number of hydrogen-bond donors (Lipinski definition) is 2. The van der Waals surface area contributed by atoms with Crippen LogP contribution < -0.4 is 11.5 Å². The predicted octanol–water partition coefficient (Wildman–Crippen LogP) is 4.46. The number of halogens is 2. The molecule has 2 amide bonds. The lowest BCUT2D eigenvalue weighted by molar-refractivity contribution is -0.0766. The Morgan fingerprint density at radius 2 is 1.13 bits per heavy atom. The maximum absolute atomic E-state index is 12.1. The van der Waals surface area contributed by atoms with Crippen LogP contribution in [0.5, 0.6) is 0 Å². The summed E-state index contributed by atoms with van der Waals surface area (Å²) in [7, 11) is 0. The number of aromatic nitrogens is 2. The van der Waals surface area contributed by atoms with Gasteiger partial charge >= 0.3 is 0 Å². The quantitative estimate of drug-likeness (QED) is 0.289. The Hall–Kier alpha value is -2.94. The maximum Gasteiger partial charge on any atom is 0.277 e. The SMILES string of the molecule is NC(=O)c1nc2c(s1)C(c1cccc(-c3cccc(C4c5sc(C(N)=O)nc5CCN4C4COC4)c3Cl)c1Cl)N(C1COC1)CC2. The van der Waals surface area contributed by atoms with E-state index >= 15 is 0 Å². The molecule has 2 aromatic heterocycles. The van der Waals surface area contributed by atoms with Gasteiger partial charge in [-0.15, -0.1) is 22.7 Å². The molecule has 4 N–H and O–H groups in total. The second-order valence-electron chi connectivity index (χ2n) is 12.0. The summed E-state index contributed by atoms with van der Waals surface area (Å²) in [6.07, 6.45) is 1.44. The number of carbonyl (C=O) groups excluding carboxylic acids is 2. The van der Waals surface area contributed by atoms with Gasteiger partial charge in [0.05, 0.1) is 81.8 Å². The monoisotopic (exact) mass is 696 g/mol. The maximum atomic E-state index is 12.1. The third kappa shape index (κ3) is 4.98. The zero-order valence-electron chi connectivity index (χ0n) is 24.6. The summed E-state index contributed by atoms with van der Waals surface area (Å²) in [6, 6.07) is 12.1. The first kappa shape index (κ1) is 30.4. The minimum Gasteiger partial charge on any atom is -0.378 e. The Morgan fingerprint density at radius 1 is 0.717 bits per heavy atom. The van der Waals surface area contributed by atoms with Crippen molar-refractivity contribution >= 4 is 57.7 Å². The zero-order chi connectivity index (χ0) is 31.7. The lowest BCUT2D eigenvalue weighted by Gasteiger charge is -2.44. The van der Waals surface area contributed by atoms with Crippen molar-refractivity contribution in [2.24, 2.45) is 11.5 Å². The van der Waals surface area contributed by atoms with Crippen molar-refractivity contribution < 1.29 is 19.1 Å². The predicted molar refractivity (Wildman–Crippen MR) is 177 cm³/mol. The Morgan fingerprint density at radius 3 is 1.48 bits per heavy atom. The molecule has 0 bridgehead atoms. The Bertz CT molecular complexity index is 1740. The van der Waals surface area contributed by atoms with Crippen LogP contribution in [0.25, 0.3) is 11.1 Å². The molecule has 2 unspecified atom stereocenters. The van der Waals surface area contributed by atoms with Crippen molar-refractivity contribution in [3.63, 3.8) is 0 Å². The van der Waals surface area contributed by atoms with Crippen molar-refractivity contribution in [3.8, 4) is 11.1 Å². The average molecular weight is 698 g/mol. The fourth-order valence-electron chi connectivity index (χ4n) is 6.95. The largest absolute Gasteiger partial charge is 0.378 e. The topological polar surface area (TPSA) is 137 Å². The van der Waals surface area contributed by atoms with E-state index in [0.29, 0.717) is 46.5 Å². The van der Waals surface area contributed by atoms with Crippen molar-refractivity contribution in [2.45, 2.75) is 37.0 Å². The smallest absolute Gasteiger partial charge is 0.277 e. The molecule has 14 heteroatoms. The van der Waals surface area contributed by atoms with E-state index in [-0.39, 0.29) is 24.2 Å². The fraction of sp³-hybridized carbons (Fsp3) is 0.375. The molecule has 10 nitrogen and oxygen atoms in total. The van der Waals surface area contributed by atoms with E-state index in [1.807, 2.05) is 36.4 Å². The summed E-state index contributed by atoms with van der Waals surface area (Å²) in [5.74, 6) is -1.06. The van der Waals surface area contributed by atoms with E-state index in [0.717, 1.165) is 69.3 Å². The first-order chi connectivity index (χ1) is 22.3. The molecule has 6 heterocycles. The van der Waals surface area contributed by atoms with Crippen LogP contribution in [0.15, 0.2) is 36.4 Å². The van der Waals surface area contributed by atoms with Crippen LogP contribution in [-0.4, -0.2) is 83.2 Å². The van der Waals surface area contributed by atoms with Crippen molar-refractivity contribution in [1.29, 1.82) is 0 Å². The Labute approximate surface area is 283 Å². The van der Waals surface area contributed by atoms with E-state index in [2.05, 4.69) is 19.8 Å². The molecule has 4 aliphatic rings. The number of ether oxygens (including phenoxy) is 2. The molecule has 2 atom stereocenters. The van der Waals surface area contributed by atoms with Crippen LogP contribution in [0, 0.1) is 0 Å². The van der Waals surface area contributed by atoms with Crippen molar-refractivity contribution in [2.75, 3.05) is 39.5 Å². The van der Waals surface area contributed by atoms with Gasteiger partial charge in [-0.25, -0.2) is 9.97 Å². The number of primary amides is 2. The first-order valence-electron chi connectivity index (χ1n) is 15.1. The lowest BCUT2D eigenvalue weighted by atomic mass is 9.90. The molecule has 4 aromatic rings. The first-order valence-corrected chi connectivity index (χ1v) is 17.5. The van der Waals surface area contributed by atoms with Crippen LogP contribution in [-0.2, 0) is 22.3 Å². The van der Waals surface area contributed by atoms with Crippen LogP contribution in [0.2, 0.25) is 10.0 Å². The van der Waals surface area contributed by atoms with Gasteiger partial charge in [0.25, 0.3) is 11.8 Å². The summed E-state index contributed by atoms with van der Waals surface area (Å²) < 4.78 is 11.1. The van der Waals surface area contributed by atoms with E-state index < -0.39 is 11.8 Å². The van der Waals surface area contributed by atoms with Gasteiger partial charge in [0, 0.05) is 37.1 Å². The van der Waals surface area contributed by atoms with Gasteiger partial charge in [-0.1, -0.05) is 59.6 Å². The third-order valence-corrected chi connectivity index (χ3v) is 12.5. The normalized spacial score (nSPS) is 22.1. The van der Waals surface area contributed by atoms with Gasteiger partial charge in [0.1, 0.15) is 0 Å². The summed E-state index contributed by atoms with van der Waals surface area (Å²) in [4.78, 5) is 40.2. The molecule has 0 saturated carbocycles. The highest BCUT2D eigenvalue weighted by molar-refractivity contribution is 7.14. The lowest BCUT2D eigenvalue weighted by Crippen LogP contribution is -2.52. The second kappa shape index (κ2) is 11.9. The molecule has 46 heavy (non-hydrogen) atoms. The van der Waals surface area contributed by atoms with Crippen LogP contribution in [0.4, 0.5) is 0 Å². The van der Waals surface area contributed by atoms with Gasteiger partial charge < -0.3 is 20.9 Å². The highest BCUT2D eigenvalue weighted by atomic mass is 35.5. The second-order valence-corrected chi connectivity index (χ2v) is 14.8. The van der Waals surface area contributed by atoms with Crippen LogP contribution >= 0.6 is 45.9 Å². The van der Waals surface area contributed by atoms with E-state index in [4.69, 9.17) is 44.1 Å². The number of carbonyl (C=O) groups is 2. The third-order valence-electron chi connectivity index (χ3n) is 9.37. The average Bonchev–Trinajstić information content (AvgIpc) is 3.62. The Balaban J connectivity index is 1.24. The van der Waals surface area contributed by atoms with Gasteiger partial charge in [0.2, 0.25) is 0 Å². The standard InChI is InChI=1S/C32H30Cl2N6O4S2/c33-23-17(3-1-5-19(23)25-27-21(37-31(45-27)29(35)41)7-9-39(25)15-11-43-12-15)18-4-2-6-20(24(18)34)26-28-22(38-32(46-28)30(36)42)8-10-40(26)16-13-44-14-16/h1-6,15-16,25-26H,7-14H2,(H2,35,41)(H2,36,42). The number of hydrogen-bond acceptors (Lipinski definition) is 10. The highest BCUT2D eigenvalue weighted by Crippen LogP contribution is 2.49. The summed E-state index contributed by atoms with van der Waals surface area (Å²) in [5, 5.41) is 1.78. The van der Waals surface area contributed by atoms with Gasteiger partial charge in [-0.2, -0.15) is 0 Å². The fourth-order valence-corrected chi connectivity index (χ4v) is 9.82. The minimum absolute atomic E-state index is 0.211. The molecule has 238 valence electrons. The van der Waals surface area contributed by atoms with Gasteiger partial charge in [0.15, 0.2) is 10.0 Å². The Kier molecular flexibility index (Phi) is 7.89. The minimum atomic E-state index is -0.530. The molecule has 2 fully saturated rings. The molecule has 0 aliphatic carbocycles. The zero-order valence-corrected chi connectivity index (χ0v) is 27.7. The van der Waals surface area contributed by atoms with Gasteiger partial charge in [-0.05, 0) is 11.1 Å². The molecule has 4 aliphatic heterocycles. The number of amides is 2. The number of nitrogens with zero attached hydrogens (tertiary/aromatic N) is 4. The van der Waals surface area contributed by atoms with Crippen LogP contribution in [0.1, 0.15) is 64.0 Å². The highest BCUT2D eigenvalue weighted by Gasteiger charge is 2.42.